The minimum atomic E-state index is 0.244. The third kappa shape index (κ3) is 4.57. The molecule has 0 heterocycles. The fraction of sp³-hybridized carbons (Fsp3) is 0.700. The normalized spacial score (nSPS) is 19.8. The summed E-state index contributed by atoms with van der Waals surface area (Å²) in [6.45, 7) is 6.85. The molecule has 1 heteroatoms. The van der Waals surface area contributed by atoms with Crippen molar-refractivity contribution in [3.05, 3.63) is 35.4 Å². The molecule has 0 spiro atoms. The van der Waals surface area contributed by atoms with Crippen molar-refractivity contribution in [1.82, 2.24) is 5.32 Å². The average Bonchev–Trinajstić information content (AvgIpc) is 2.41. The molecule has 0 bridgehead atoms. The van der Waals surface area contributed by atoms with E-state index in [9.17, 15) is 0 Å². The Bertz CT molecular complexity index is 404. The Labute approximate surface area is 131 Å². The SMILES string of the molecule is CNC(c1ccc(C(C)(C)C)cc1)C1CCCCCCC1. The smallest absolute Gasteiger partial charge is 0.0346 e. The lowest BCUT2D eigenvalue weighted by molar-refractivity contribution is 0.299. The summed E-state index contributed by atoms with van der Waals surface area (Å²) >= 11 is 0. The van der Waals surface area contributed by atoms with Gasteiger partial charge >= 0.3 is 0 Å². The van der Waals surface area contributed by atoms with Crippen LogP contribution in [0.15, 0.2) is 24.3 Å². The Hall–Kier alpha value is -0.820. The number of rotatable bonds is 3. The first-order chi connectivity index (χ1) is 10.0. The summed E-state index contributed by atoms with van der Waals surface area (Å²) in [6.07, 6.45) is 9.87. The van der Waals surface area contributed by atoms with E-state index in [0.29, 0.717) is 6.04 Å². The molecule has 0 saturated heterocycles. The summed E-state index contributed by atoms with van der Waals surface area (Å²) in [5.41, 5.74) is 3.14. The van der Waals surface area contributed by atoms with Gasteiger partial charge in [-0.3, -0.25) is 0 Å². The van der Waals surface area contributed by atoms with Gasteiger partial charge in [0.1, 0.15) is 0 Å². The number of benzene rings is 1. The molecular formula is C20H33N. The van der Waals surface area contributed by atoms with Crippen molar-refractivity contribution in [1.29, 1.82) is 0 Å². The topological polar surface area (TPSA) is 12.0 Å². The van der Waals surface area contributed by atoms with Crippen LogP contribution in [-0.4, -0.2) is 7.05 Å². The molecule has 0 amide bonds. The van der Waals surface area contributed by atoms with Gasteiger partial charge in [-0.1, -0.05) is 77.1 Å². The van der Waals surface area contributed by atoms with Crippen molar-refractivity contribution in [3.8, 4) is 0 Å². The second-order valence-electron chi connectivity index (χ2n) is 7.74. The molecule has 1 nitrogen and oxygen atoms in total. The van der Waals surface area contributed by atoms with Gasteiger partial charge in [0.05, 0.1) is 0 Å². The fourth-order valence-electron chi connectivity index (χ4n) is 3.69. The first kappa shape index (κ1) is 16.5. The first-order valence-electron chi connectivity index (χ1n) is 8.80. The minimum absolute atomic E-state index is 0.244. The summed E-state index contributed by atoms with van der Waals surface area (Å²) < 4.78 is 0. The monoisotopic (exact) mass is 287 g/mol. The zero-order chi connectivity index (χ0) is 15.3. The molecule has 118 valence electrons. The summed E-state index contributed by atoms with van der Waals surface area (Å²) in [5.74, 6) is 0.802. The lowest BCUT2D eigenvalue weighted by Gasteiger charge is -2.29. The maximum atomic E-state index is 3.59. The Balaban J connectivity index is 2.12. The van der Waals surface area contributed by atoms with Crippen LogP contribution in [0.1, 0.15) is 82.9 Å². The van der Waals surface area contributed by atoms with E-state index in [2.05, 4.69) is 57.4 Å². The van der Waals surface area contributed by atoms with E-state index in [4.69, 9.17) is 0 Å². The van der Waals surface area contributed by atoms with Crippen molar-refractivity contribution >= 4 is 0 Å². The second-order valence-corrected chi connectivity index (χ2v) is 7.74. The van der Waals surface area contributed by atoms with Gasteiger partial charge in [-0.05, 0) is 42.3 Å². The number of hydrogen-bond donors (Lipinski definition) is 1. The van der Waals surface area contributed by atoms with Crippen LogP contribution in [0.3, 0.4) is 0 Å². The highest BCUT2D eigenvalue weighted by atomic mass is 14.9. The lowest BCUT2D eigenvalue weighted by Crippen LogP contribution is -2.26. The largest absolute Gasteiger partial charge is 0.313 e. The lowest BCUT2D eigenvalue weighted by atomic mass is 9.81. The molecule has 2 rings (SSSR count). The van der Waals surface area contributed by atoms with Crippen LogP contribution < -0.4 is 5.32 Å². The van der Waals surface area contributed by atoms with Crippen LogP contribution in [-0.2, 0) is 5.41 Å². The van der Waals surface area contributed by atoms with Gasteiger partial charge in [-0.15, -0.1) is 0 Å². The van der Waals surface area contributed by atoms with Crippen LogP contribution in [0, 0.1) is 5.92 Å². The molecule has 1 saturated carbocycles. The van der Waals surface area contributed by atoms with Crippen LogP contribution in [0.2, 0.25) is 0 Å². The second kappa shape index (κ2) is 7.45. The summed E-state index contributed by atoms with van der Waals surface area (Å²) in [5, 5.41) is 3.59. The summed E-state index contributed by atoms with van der Waals surface area (Å²) in [7, 11) is 2.13. The van der Waals surface area contributed by atoms with E-state index in [1.54, 1.807) is 0 Å². The minimum Gasteiger partial charge on any atom is -0.313 e. The highest BCUT2D eigenvalue weighted by Gasteiger charge is 2.23. The van der Waals surface area contributed by atoms with Crippen molar-refractivity contribution < 1.29 is 0 Å². The third-order valence-electron chi connectivity index (χ3n) is 5.07. The summed E-state index contributed by atoms with van der Waals surface area (Å²) in [6, 6.07) is 9.86. The maximum Gasteiger partial charge on any atom is 0.0346 e. The molecular weight excluding hydrogens is 254 g/mol. The molecule has 0 radical (unpaired) electrons. The van der Waals surface area contributed by atoms with Crippen LogP contribution in [0.25, 0.3) is 0 Å². The van der Waals surface area contributed by atoms with Gasteiger partial charge in [-0.2, -0.15) is 0 Å². The Morgan fingerprint density at radius 2 is 1.43 bits per heavy atom. The molecule has 0 aliphatic heterocycles. The average molecular weight is 287 g/mol. The van der Waals surface area contributed by atoms with E-state index in [-0.39, 0.29) is 5.41 Å². The van der Waals surface area contributed by atoms with Crippen LogP contribution >= 0.6 is 0 Å². The first-order valence-corrected chi connectivity index (χ1v) is 8.80. The molecule has 1 fully saturated rings. The van der Waals surface area contributed by atoms with Crippen LogP contribution in [0.5, 0.6) is 0 Å². The van der Waals surface area contributed by atoms with Crippen molar-refractivity contribution in [2.24, 2.45) is 5.92 Å². The van der Waals surface area contributed by atoms with Gasteiger partial charge < -0.3 is 5.32 Å². The van der Waals surface area contributed by atoms with Gasteiger partial charge in [0.25, 0.3) is 0 Å². The molecule has 1 aliphatic rings. The van der Waals surface area contributed by atoms with Gasteiger partial charge in [-0.25, -0.2) is 0 Å². The third-order valence-corrected chi connectivity index (χ3v) is 5.07. The van der Waals surface area contributed by atoms with Crippen molar-refractivity contribution in [3.63, 3.8) is 0 Å². The van der Waals surface area contributed by atoms with E-state index in [1.165, 1.54) is 56.1 Å². The fourth-order valence-corrected chi connectivity index (χ4v) is 3.69. The molecule has 1 aromatic rings. The van der Waals surface area contributed by atoms with E-state index in [1.807, 2.05) is 0 Å². The highest BCUT2D eigenvalue weighted by Crippen LogP contribution is 2.33. The van der Waals surface area contributed by atoms with Crippen molar-refractivity contribution in [2.45, 2.75) is 77.2 Å². The van der Waals surface area contributed by atoms with Gasteiger partial charge in [0.2, 0.25) is 0 Å². The van der Waals surface area contributed by atoms with Gasteiger partial charge in [0, 0.05) is 6.04 Å². The van der Waals surface area contributed by atoms with Crippen molar-refractivity contribution in [2.75, 3.05) is 7.05 Å². The highest BCUT2D eigenvalue weighted by molar-refractivity contribution is 5.29. The zero-order valence-corrected chi connectivity index (χ0v) is 14.4. The number of hydrogen-bond acceptors (Lipinski definition) is 1. The van der Waals surface area contributed by atoms with E-state index in [0.717, 1.165) is 5.92 Å². The number of nitrogens with one attached hydrogen (secondary N) is 1. The van der Waals surface area contributed by atoms with E-state index < -0.39 is 0 Å². The molecule has 1 atom stereocenters. The van der Waals surface area contributed by atoms with Gasteiger partial charge in [0.15, 0.2) is 0 Å². The predicted octanol–water partition coefficient (Wildman–Crippen LogP) is 5.61. The molecule has 1 aliphatic carbocycles. The summed E-state index contributed by atoms with van der Waals surface area (Å²) in [4.78, 5) is 0. The molecule has 1 unspecified atom stereocenters. The quantitative estimate of drug-likeness (QED) is 0.762. The predicted molar refractivity (Wildman–Crippen MR) is 92.8 cm³/mol. The molecule has 1 aromatic carbocycles. The Morgan fingerprint density at radius 3 is 1.90 bits per heavy atom. The zero-order valence-electron chi connectivity index (χ0n) is 14.4. The molecule has 0 aromatic heterocycles. The standard InChI is InChI=1S/C20H33N/c1-20(2,3)18-14-12-17(13-15-18)19(21-4)16-10-8-6-5-7-9-11-16/h12-16,19,21H,5-11H2,1-4H3. The van der Waals surface area contributed by atoms with Crippen LogP contribution in [0.4, 0.5) is 0 Å². The molecule has 1 N–H and O–H groups in total. The Morgan fingerprint density at radius 1 is 0.905 bits per heavy atom. The Kier molecular flexibility index (Phi) is 5.87. The van der Waals surface area contributed by atoms with E-state index >= 15 is 0 Å². The molecule has 21 heavy (non-hydrogen) atoms. The maximum absolute atomic E-state index is 3.59.